The van der Waals surface area contributed by atoms with Gasteiger partial charge in [0, 0.05) is 32.7 Å². The minimum absolute atomic E-state index is 0.251. The second-order valence-electron chi connectivity index (χ2n) is 23.2. The van der Waals surface area contributed by atoms with Gasteiger partial charge in [-0.15, -0.1) is 22.7 Å². The van der Waals surface area contributed by atoms with Gasteiger partial charge in [0.2, 0.25) is 0 Å². The first-order chi connectivity index (χ1) is 41.0. The summed E-state index contributed by atoms with van der Waals surface area (Å²) in [5.74, 6) is 4.10. The van der Waals surface area contributed by atoms with Crippen molar-refractivity contribution in [2.45, 2.75) is 154 Å². The van der Waals surface area contributed by atoms with Crippen LogP contribution in [0.4, 0.5) is 8.78 Å². The standard InChI is InChI=1S/C72H84F2O8S2/c1-5-67(75)79-41-17-13-9-7-11-15-39-77-59-33-27-55(28-34-59)53-23-19-51(20-24-53)47-81-69-63-45-65(61-37-31-57(73)43-49(61)3)84-72(63)70(64-46-66(83-71(64)69)62-38-32-58(74)44-50(62)4)82-48-52-21-25-54(26-22-52)56-29-35-60(36-30-56)78-40-16-12-8-10-14-18-42-80-68(76)6-2/h5-6,27-38,43-46,51-54H,1-2,7-26,39-42,47-48H2,3-4H3. The Balaban J connectivity index is 0.827. The van der Waals surface area contributed by atoms with E-state index in [-0.39, 0.29) is 23.6 Å². The highest BCUT2D eigenvalue weighted by molar-refractivity contribution is 7.24. The van der Waals surface area contributed by atoms with Gasteiger partial charge >= 0.3 is 11.9 Å². The molecule has 2 heterocycles. The van der Waals surface area contributed by atoms with E-state index < -0.39 is 0 Å². The van der Waals surface area contributed by atoms with E-state index in [9.17, 15) is 18.4 Å². The maximum absolute atomic E-state index is 14.6. The van der Waals surface area contributed by atoms with Crippen molar-refractivity contribution < 1.29 is 46.8 Å². The fourth-order valence-electron chi connectivity index (χ4n) is 12.1. The highest BCUT2D eigenvalue weighted by atomic mass is 32.1. The summed E-state index contributed by atoms with van der Waals surface area (Å²) in [6.07, 6.45) is 23.7. The van der Waals surface area contributed by atoms with Gasteiger partial charge < -0.3 is 28.4 Å². The largest absolute Gasteiger partial charge is 0.494 e. The number of ether oxygens (including phenoxy) is 6. The SMILES string of the molecule is C=CC(=O)OCCCCCCCCOc1ccc(C2CCC(COc3c4cc(-c5ccc(F)cc5C)sc4c(OCC4CCC(c5ccc(OCCCCCCCCOC(=O)C=C)cc5)CC4)c4cc(-c5ccc(F)cc5C)sc34)CC2)cc1. The molecule has 0 amide bonds. The molecule has 0 saturated heterocycles. The summed E-state index contributed by atoms with van der Waals surface area (Å²) >= 11 is 3.37. The molecule has 5 aromatic carbocycles. The zero-order valence-electron chi connectivity index (χ0n) is 49.3. The highest BCUT2D eigenvalue weighted by Gasteiger charge is 2.29. The maximum atomic E-state index is 14.6. The maximum Gasteiger partial charge on any atom is 0.330 e. The first-order valence-electron chi connectivity index (χ1n) is 30.9. The van der Waals surface area contributed by atoms with Gasteiger partial charge in [-0.25, -0.2) is 18.4 Å². The molecule has 8 nitrogen and oxygen atoms in total. The summed E-state index contributed by atoms with van der Waals surface area (Å²) in [4.78, 5) is 24.5. The average Bonchev–Trinajstić information content (AvgIpc) is 2.55. The van der Waals surface area contributed by atoms with Gasteiger partial charge in [-0.2, -0.15) is 0 Å². The molecule has 84 heavy (non-hydrogen) atoms. The van der Waals surface area contributed by atoms with Crippen LogP contribution in [0.3, 0.4) is 0 Å². The summed E-state index contributed by atoms with van der Waals surface area (Å²) in [5.41, 5.74) is 6.47. The Morgan fingerprint density at radius 1 is 0.464 bits per heavy atom. The summed E-state index contributed by atoms with van der Waals surface area (Å²) in [6, 6.07) is 32.0. The Hall–Kier alpha value is -6.50. The van der Waals surface area contributed by atoms with E-state index in [2.05, 4.69) is 73.8 Å². The van der Waals surface area contributed by atoms with Gasteiger partial charge in [0.05, 0.1) is 49.0 Å². The third kappa shape index (κ3) is 17.3. The minimum atomic E-state index is -0.354. The van der Waals surface area contributed by atoms with Gasteiger partial charge in [0.1, 0.15) is 34.6 Å². The molecule has 0 aliphatic heterocycles. The number of thiophene rings is 2. The predicted octanol–water partition coefficient (Wildman–Crippen LogP) is 19.9. The van der Waals surface area contributed by atoms with E-state index in [0.717, 1.165) is 204 Å². The molecule has 0 spiro atoms. The molecule has 0 unspecified atom stereocenters. The number of hydrogen-bond donors (Lipinski definition) is 0. The van der Waals surface area contributed by atoms with Crippen LogP contribution >= 0.6 is 22.7 Å². The number of halogens is 2. The highest BCUT2D eigenvalue weighted by Crippen LogP contribution is 2.54. The third-order valence-electron chi connectivity index (χ3n) is 17.0. The minimum Gasteiger partial charge on any atom is -0.494 e. The lowest BCUT2D eigenvalue weighted by Crippen LogP contribution is -2.20. The first-order valence-corrected chi connectivity index (χ1v) is 32.5. The molecule has 2 aliphatic carbocycles. The molecule has 2 aliphatic rings. The molecule has 2 aromatic heterocycles. The molecule has 0 radical (unpaired) electrons. The Morgan fingerprint density at radius 3 is 1.18 bits per heavy atom. The molecule has 0 N–H and O–H groups in total. The molecular weight excluding hydrogens is 1090 g/mol. The van der Waals surface area contributed by atoms with Crippen molar-refractivity contribution in [3.05, 3.63) is 156 Å². The number of rotatable bonds is 32. The molecule has 2 saturated carbocycles. The van der Waals surface area contributed by atoms with Crippen molar-refractivity contribution in [2.75, 3.05) is 39.6 Å². The molecule has 7 aromatic rings. The van der Waals surface area contributed by atoms with Crippen LogP contribution in [-0.2, 0) is 19.1 Å². The quantitative estimate of drug-likeness (QED) is 0.0234. The van der Waals surface area contributed by atoms with E-state index in [0.29, 0.717) is 63.3 Å². The number of hydrogen-bond acceptors (Lipinski definition) is 10. The summed E-state index contributed by atoms with van der Waals surface area (Å²) in [7, 11) is 0. The van der Waals surface area contributed by atoms with E-state index in [1.54, 1.807) is 46.9 Å². The van der Waals surface area contributed by atoms with Crippen LogP contribution in [0, 0.1) is 37.3 Å². The van der Waals surface area contributed by atoms with Gasteiger partial charge in [0.25, 0.3) is 0 Å². The van der Waals surface area contributed by atoms with E-state index in [1.165, 1.54) is 23.3 Å². The van der Waals surface area contributed by atoms with Crippen LogP contribution < -0.4 is 18.9 Å². The van der Waals surface area contributed by atoms with Crippen molar-refractivity contribution in [3.8, 4) is 43.9 Å². The Morgan fingerprint density at radius 2 is 0.821 bits per heavy atom. The number of fused-ring (bicyclic) bond motifs is 2. The molecule has 2 fully saturated rings. The average molecular weight is 1180 g/mol. The zero-order chi connectivity index (χ0) is 58.6. The first kappa shape index (κ1) is 62.0. The van der Waals surface area contributed by atoms with Crippen molar-refractivity contribution in [1.82, 2.24) is 0 Å². The molecule has 0 atom stereocenters. The van der Waals surface area contributed by atoms with Gasteiger partial charge in [-0.05, 0) is 209 Å². The zero-order valence-corrected chi connectivity index (χ0v) is 51.0. The monoisotopic (exact) mass is 1180 g/mol. The van der Waals surface area contributed by atoms with Crippen molar-refractivity contribution in [1.29, 1.82) is 0 Å². The fourth-order valence-corrected chi connectivity index (χ4v) is 14.6. The normalized spacial score (nSPS) is 17.0. The molecule has 446 valence electrons. The smallest absolute Gasteiger partial charge is 0.330 e. The molecule has 0 bridgehead atoms. The van der Waals surface area contributed by atoms with Crippen molar-refractivity contribution in [3.63, 3.8) is 0 Å². The van der Waals surface area contributed by atoms with Crippen LogP contribution in [-0.4, -0.2) is 51.6 Å². The van der Waals surface area contributed by atoms with Crippen molar-refractivity contribution in [2.24, 2.45) is 11.8 Å². The van der Waals surface area contributed by atoms with Crippen LogP contribution in [0.2, 0.25) is 0 Å². The Kier molecular flexibility index (Phi) is 23.3. The number of esters is 2. The van der Waals surface area contributed by atoms with Crippen LogP contribution in [0.5, 0.6) is 23.0 Å². The molecule has 9 rings (SSSR count). The van der Waals surface area contributed by atoms with E-state index in [4.69, 9.17) is 28.4 Å². The second-order valence-corrected chi connectivity index (χ2v) is 25.3. The van der Waals surface area contributed by atoms with E-state index in [1.807, 2.05) is 26.0 Å². The third-order valence-corrected chi connectivity index (χ3v) is 19.4. The number of aryl methyl sites for hydroxylation is 2. The Bertz CT molecular complexity index is 2990. The second kappa shape index (κ2) is 31.6. The lowest BCUT2D eigenvalue weighted by atomic mass is 9.79. The van der Waals surface area contributed by atoms with Crippen LogP contribution in [0.1, 0.15) is 163 Å². The number of unbranched alkanes of at least 4 members (excludes halogenated alkanes) is 10. The van der Waals surface area contributed by atoms with E-state index >= 15 is 0 Å². The summed E-state index contributed by atoms with van der Waals surface area (Å²) in [5, 5.41) is 2.02. The van der Waals surface area contributed by atoms with Gasteiger partial charge in [-0.3, -0.25) is 0 Å². The predicted molar refractivity (Wildman–Crippen MR) is 339 cm³/mol. The lowest BCUT2D eigenvalue weighted by molar-refractivity contribution is -0.138. The van der Waals surface area contributed by atoms with Crippen molar-refractivity contribution >= 4 is 54.8 Å². The van der Waals surface area contributed by atoms with Gasteiger partial charge in [-0.1, -0.05) is 101 Å². The number of carbonyl (C=O) groups is 2. The number of benzene rings is 5. The lowest BCUT2D eigenvalue weighted by Gasteiger charge is -2.29. The van der Waals surface area contributed by atoms with Crippen LogP contribution in [0.15, 0.2) is 122 Å². The summed E-state index contributed by atoms with van der Waals surface area (Å²) in [6.45, 7) is 14.3. The fraction of sp³-hybridized carbons (Fsp3) is 0.444. The number of carbonyl (C=O) groups excluding carboxylic acids is 2. The molecule has 12 heteroatoms. The Labute approximate surface area is 504 Å². The molecular formula is C72H84F2O8S2. The van der Waals surface area contributed by atoms with Gasteiger partial charge in [0.15, 0.2) is 0 Å². The topological polar surface area (TPSA) is 89.5 Å². The van der Waals surface area contributed by atoms with Crippen LogP contribution in [0.25, 0.3) is 41.1 Å². The summed E-state index contributed by atoms with van der Waals surface area (Å²) < 4.78 is 67.9.